The molecule has 0 unspecified atom stereocenters. The third kappa shape index (κ3) is 5.46. The lowest BCUT2D eigenvalue weighted by Gasteiger charge is -2.28. The van der Waals surface area contributed by atoms with Crippen molar-refractivity contribution in [3.05, 3.63) is 94.1 Å². The number of ketones is 1. The van der Waals surface area contributed by atoms with Gasteiger partial charge in [-0.2, -0.15) is 13.2 Å². The van der Waals surface area contributed by atoms with Crippen LogP contribution in [0.1, 0.15) is 31.8 Å². The first-order valence-corrected chi connectivity index (χ1v) is 12.1. The normalized spacial score (nSPS) is 13.9. The van der Waals surface area contributed by atoms with Gasteiger partial charge in [-0.1, -0.05) is 11.6 Å². The van der Waals surface area contributed by atoms with Crippen LogP contribution in [0.3, 0.4) is 0 Å². The van der Waals surface area contributed by atoms with E-state index in [0.717, 1.165) is 38.1 Å². The Morgan fingerprint density at radius 1 is 0.895 bits per heavy atom. The molecule has 2 heterocycles. The summed E-state index contributed by atoms with van der Waals surface area (Å²) in [5.41, 5.74) is 1.12. The van der Waals surface area contributed by atoms with E-state index in [1.165, 1.54) is 30.3 Å². The highest BCUT2D eigenvalue weighted by atomic mass is 35.5. The summed E-state index contributed by atoms with van der Waals surface area (Å²) in [5.74, 6) is -0.224. The molecule has 1 fully saturated rings. The van der Waals surface area contributed by atoms with Gasteiger partial charge >= 0.3 is 6.18 Å². The van der Waals surface area contributed by atoms with Crippen LogP contribution in [0.25, 0.3) is 11.0 Å². The van der Waals surface area contributed by atoms with Crippen LogP contribution in [-0.2, 0) is 6.18 Å². The molecule has 1 aromatic heterocycles. The molecule has 7 nitrogen and oxygen atoms in total. The molecular weight excluding hydrogens is 519 g/mol. The second kappa shape index (κ2) is 10.4. The van der Waals surface area contributed by atoms with Crippen molar-refractivity contribution in [1.29, 1.82) is 0 Å². The average Bonchev–Trinajstić information content (AvgIpc) is 2.92. The highest BCUT2D eigenvalue weighted by molar-refractivity contribution is 6.31. The number of nitrogens with one attached hydrogen (secondary N) is 2. The number of nitrogens with zero attached hydrogens (tertiary/aromatic N) is 3. The van der Waals surface area contributed by atoms with Gasteiger partial charge in [0.1, 0.15) is 5.82 Å². The zero-order valence-corrected chi connectivity index (χ0v) is 20.6. The maximum absolute atomic E-state index is 13.1. The van der Waals surface area contributed by atoms with Gasteiger partial charge < -0.3 is 15.5 Å². The molecule has 1 saturated heterocycles. The molecule has 5 rings (SSSR count). The maximum Gasteiger partial charge on any atom is 0.417 e. The number of amides is 1. The largest absolute Gasteiger partial charge is 0.417 e. The van der Waals surface area contributed by atoms with Crippen molar-refractivity contribution in [2.75, 3.05) is 36.4 Å². The van der Waals surface area contributed by atoms with Gasteiger partial charge in [-0.3, -0.25) is 14.6 Å². The van der Waals surface area contributed by atoms with Crippen molar-refractivity contribution in [3.63, 3.8) is 0 Å². The highest BCUT2D eigenvalue weighted by Gasteiger charge is 2.33. The number of anilines is 2. The SMILES string of the molecule is O=C(Nc1ccc(C(=O)c2ccc3ncc(N4CCNCC4)nc3c2)cc1)c1ccc(Cl)c(C(F)(F)F)c1. The Morgan fingerprint density at radius 3 is 2.29 bits per heavy atom. The van der Waals surface area contributed by atoms with E-state index in [-0.39, 0.29) is 11.3 Å². The molecule has 0 radical (unpaired) electrons. The third-order valence-corrected chi connectivity index (χ3v) is 6.50. The van der Waals surface area contributed by atoms with Crippen LogP contribution in [0.15, 0.2) is 66.9 Å². The molecule has 0 atom stereocenters. The van der Waals surface area contributed by atoms with Gasteiger partial charge in [0.25, 0.3) is 5.91 Å². The summed E-state index contributed by atoms with van der Waals surface area (Å²) in [7, 11) is 0. The minimum atomic E-state index is -4.68. The maximum atomic E-state index is 13.1. The molecule has 1 aliphatic heterocycles. The second-order valence-corrected chi connectivity index (χ2v) is 9.13. The summed E-state index contributed by atoms with van der Waals surface area (Å²) in [6.45, 7) is 3.37. The summed E-state index contributed by atoms with van der Waals surface area (Å²) >= 11 is 5.62. The first-order valence-electron chi connectivity index (χ1n) is 11.7. The van der Waals surface area contributed by atoms with E-state index < -0.39 is 22.7 Å². The predicted octanol–water partition coefficient (Wildman–Crippen LogP) is 5.19. The molecule has 11 heteroatoms. The number of rotatable bonds is 5. The Morgan fingerprint density at radius 2 is 1.58 bits per heavy atom. The summed E-state index contributed by atoms with van der Waals surface area (Å²) in [6.07, 6.45) is -2.95. The van der Waals surface area contributed by atoms with Gasteiger partial charge in [0.2, 0.25) is 0 Å². The summed E-state index contributed by atoms with van der Waals surface area (Å²) in [6, 6.07) is 14.1. The fourth-order valence-corrected chi connectivity index (χ4v) is 4.37. The average molecular weight is 540 g/mol. The zero-order chi connectivity index (χ0) is 26.9. The van der Waals surface area contributed by atoms with E-state index in [1.807, 2.05) is 0 Å². The fraction of sp³-hybridized carbons (Fsp3) is 0.185. The minimum Gasteiger partial charge on any atom is -0.353 e. The van der Waals surface area contributed by atoms with Gasteiger partial charge in [0, 0.05) is 48.6 Å². The molecule has 194 valence electrons. The first kappa shape index (κ1) is 25.6. The molecule has 1 aliphatic rings. The van der Waals surface area contributed by atoms with Crippen LogP contribution in [0, 0.1) is 0 Å². The van der Waals surface area contributed by atoms with E-state index in [2.05, 4.69) is 20.5 Å². The van der Waals surface area contributed by atoms with Crippen molar-refractivity contribution in [2.24, 2.45) is 0 Å². The lowest BCUT2D eigenvalue weighted by atomic mass is 10.0. The van der Waals surface area contributed by atoms with Gasteiger partial charge in [-0.25, -0.2) is 4.98 Å². The van der Waals surface area contributed by atoms with Gasteiger partial charge in [-0.15, -0.1) is 0 Å². The molecule has 2 N–H and O–H groups in total. The molecule has 3 aromatic carbocycles. The van der Waals surface area contributed by atoms with Crippen molar-refractivity contribution >= 4 is 45.8 Å². The van der Waals surface area contributed by atoms with Crippen LogP contribution in [-0.4, -0.2) is 47.8 Å². The fourth-order valence-electron chi connectivity index (χ4n) is 4.15. The van der Waals surface area contributed by atoms with Crippen molar-refractivity contribution in [2.45, 2.75) is 6.18 Å². The van der Waals surface area contributed by atoms with Crippen LogP contribution in [0.5, 0.6) is 0 Å². The predicted molar refractivity (Wildman–Crippen MR) is 139 cm³/mol. The standard InChI is InChI=1S/C27H21ClF3N5O2/c28-21-7-3-18(13-20(21)27(29,30)31)26(38)34-19-5-1-16(2-6-19)25(37)17-4-8-22-23(14-17)35-24(15-33-22)36-11-9-32-10-12-36/h1-8,13-15,32H,9-12H2,(H,34,38). The Labute approximate surface area is 220 Å². The molecule has 0 spiro atoms. The van der Waals surface area contributed by atoms with Crippen molar-refractivity contribution < 1.29 is 22.8 Å². The summed E-state index contributed by atoms with van der Waals surface area (Å²) in [4.78, 5) is 36.9. The van der Waals surface area contributed by atoms with Crippen molar-refractivity contribution in [1.82, 2.24) is 15.3 Å². The van der Waals surface area contributed by atoms with E-state index in [9.17, 15) is 22.8 Å². The highest BCUT2D eigenvalue weighted by Crippen LogP contribution is 2.35. The van der Waals surface area contributed by atoms with Crippen LogP contribution >= 0.6 is 11.6 Å². The van der Waals surface area contributed by atoms with Crippen LogP contribution in [0.2, 0.25) is 5.02 Å². The minimum absolute atomic E-state index is 0.195. The van der Waals surface area contributed by atoms with Gasteiger partial charge in [0.05, 0.1) is 27.8 Å². The van der Waals surface area contributed by atoms with Gasteiger partial charge in [-0.05, 0) is 60.7 Å². The third-order valence-electron chi connectivity index (χ3n) is 6.17. The molecule has 1 amide bonds. The first-order chi connectivity index (χ1) is 18.2. The number of benzene rings is 3. The number of piperazine rings is 1. The quantitative estimate of drug-likeness (QED) is 0.339. The Bertz CT molecular complexity index is 1520. The van der Waals surface area contributed by atoms with Gasteiger partial charge in [0.15, 0.2) is 5.78 Å². The number of carbonyl (C=O) groups is 2. The smallest absolute Gasteiger partial charge is 0.353 e. The number of hydrogen-bond donors (Lipinski definition) is 2. The lowest BCUT2D eigenvalue weighted by Crippen LogP contribution is -2.43. The van der Waals surface area contributed by atoms with E-state index in [1.54, 1.807) is 24.4 Å². The Hall–Kier alpha value is -4.02. The molecule has 0 aliphatic carbocycles. The number of aromatic nitrogens is 2. The number of fused-ring (bicyclic) bond motifs is 1. The monoisotopic (exact) mass is 539 g/mol. The van der Waals surface area contributed by atoms with Crippen LogP contribution in [0.4, 0.5) is 24.7 Å². The number of alkyl halides is 3. The topological polar surface area (TPSA) is 87.2 Å². The number of hydrogen-bond acceptors (Lipinski definition) is 6. The molecule has 0 bridgehead atoms. The second-order valence-electron chi connectivity index (χ2n) is 8.72. The van der Waals surface area contributed by atoms with E-state index in [4.69, 9.17) is 16.6 Å². The zero-order valence-electron chi connectivity index (χ0n) is 19.8. The Balaban J connectivity index is 1.31. The number of carbonyl (C=O) groups excluding carboxylic acids is 2. The molecule has 0 saturated carbocycles. The molecule has 38 heavy (non-hydrogen) atoms. The summed E-state index contributed by atoms with van der Waals surface area (Å²) < 4.78 is 39.3. The van der Waals surface area contributed by atoms with Crippen molar-refractivity contribution in [3.8, 4) is 0 Å². The number of halogens is 4. The molecule has 4 aromatic rings. The summed E-state index contributed by atoms with van der Waals surface area (Å²) in [5, 5.41) is 5.34. The van der Waals surface area contributed by atoms with E-state index >= 15 is 0 Å². The Kier molecular flexibility index (Phi) is 7.00. The lowest BCUT2D eigenvalue weighted by molar-refractivity contribution is -0.137. The molecular formula is C27H21ClF3N5O2. The van der Waals surface area contributed by atoms with Crippen LogP contribution < -0.4 is 15.5 Å². The van der Waals surface area contributed by atoms with E-state index in [0.29, 0.717) is 33.9 Å².